The molecule has 12 heteroatoms. The van der Waals surface area contributed by atoms with Crippen LogP contribution in [-0.2, 0) is 28.7 Å². The Balaban J connectivity index is 5.00. The maximum atomic E-state index is 13.1. The Morgan fingerprint density at radius 3 is 0.868 bits per heavy atom. The third-order valence-electron chi connectivity index (χ3n) is 18.7. The second-order valence-electron chi connectivity index (χ2n) is 27.7. The average molecular weight is 1320 g/mol. The Morgan fingerprint density at radius 2 is 0.571 bits per heavy atom. The molecule has 0 aliphatic rings. The number of unbranched alkanes of at least 4 members (excludes halogenated alkanes) is 41. The number of esters is 2. The van der Waals surface area contributed by atoms with E-state index in [0.29, 0.717) is 25.9 Å². The van der Waals surface area contributed by atoms with Gasteiger partial charge in [0.2, 0.25) is 11.8 Å². The van der Waals surface area contributed by atoms with Gasteiger partial charge in [0.25, 0.3) is 0 Å². The minimum atomic E-state index is -0.209. The molecule has 91 heavy (non-hydrogen) atoms. The number of amides is 2. The number of rotatable bonds is 76. The number of hydrogen-bond donors (Lipinski definition) is 3. The Labute approximate surface area is 576 Å². The summed E-state index contributed by atoms with van der Waals surface area (Å²) >= 11 is 6.58. The van der Waals surface area contributed by atoms with Gasteiger partial charge in [0.1, 0.15) is 18.6 Å². The van der Waals surface area contributed by atoms with Crippen LogP contribution in [0, 0.1) is 0 Å². The highest BCUT2D eigenvalue weighted by atomic mass is 32.2. The molecule has 0 saturated carbocycles. The molecule has 0 spiro atoms. The molecule has 0 rings (SSSR count). The van der Waals surface area contributed by atoms with Gasteiger partial charge >= 0.3 is 11.9 Å². The quantitative estimate of drug-likeness (QED) is 0.0237. The minimum absolute atomic E-state index is 0.00226. The normalized spacial score (nSPS) is 11.7. The third-order valence-corrected chi connectivity index (χ3v) is 20.2. The molecule has 0 fully saturated rings. The maximum Gasteiger partial charge on any atom is 0.306 e. The molecular weight excluding hydrogens is 1170 g/mol. The van der Waals surface area contributed by atoms with Crippen molar-refractivity contribution in [2.45, 2.75) is 413 Å². The number of carbonyl (C=O) groups is 4. The second-order valence-corrected chi connectivity index (χ2v) is 29.4. The van der Waals surface area contributed by atoms with Crippen LogP contribution in [0.25, 0.3) is 0 Å². The van der Waals surface area contributed by atoms with E-state index in [1.165, 1.54) is 236 Å². The second kappa shape index (κ2) is 74.3. The van der Waals surface area contributed by atoms with E-state index < -0.39 is 0 Å². The lowest BCUT2D eigenvalue weighted by molar-refractivity contribution is -0.151. The van der Waals surface area contributed by atoms with Crippen LogP contribution in [0.2, 0.25) is 0 Å². The van der Waals surface area contributed by atoms with Crippen molar-refractivity contribution in [1.82, 2.24) is 20.4 Å². The van der Waals surface area contributed by atoms with Gasteiger partial charge in [-0.25, -0.2) is 0 Å². The number of nitrogens with zero attached hydrogens (tertiary/aromatic N) is 2. The minimum Gasteiger partial charge on any atom is -0.462 e. The monoisotopic (exact) mass is 1320 g/mol. The zero-order chi connectivity index (χ0) is 66.2. The molecule has 0 aliphatic carbocycles. The van der Waals surface area contributed by atoms with Gasteiger partial charge in [0, 0.05) is 39.0 Å². The van der Waals surface area contributed by atoms with Crippen LogP contribution in [0.5, 0.6) is 0 Å². The first kappa shape index (κ1) is 89.5. The summed E-state index contributed by atoms with van der Waals surface area (Å²) in [5.41, 5.74) is 0. The van der Waals surface area contributed by atoms with Crippen molar-refractivity contribution in [2.24, 2.45) is 0 Å². The lowest BCUT2D eigenvalue weighted by atomic mass is 10.0. The smallest absolute Gasteiger partial charge is 0.306 e. The molecule has 0 aliphatic heterocycles. The summed E-state index contributed by atoms with van der Waals surface area (Å²) in [7, 11) is 0. The molecule has 0 heterocycles. The van der Waals surface area contributed by atoms with Crippen molar-refractivity contribution in [2.75, 3.05) is 69.6 Å². The SMILES string of the molecule is CCCCCCCCCCCSCCCCCCN(CCCCCCCC(=O)OC(CCCCCCCC)CCCCCCCC)CCNC(=O)CC(=O)NCCN(CCCCCS)CCCCCCCC(=O)OC(CCCCCCCC)CCCCCCCC. The van der Waals surface area contributed by atoms with Crippen LogP contribution in [0.1, 0.15) is 401 Å². The Bertz CT molecular complexity index is 1500. The van der Waals surface area contributed by atoms with Crippen molar-refractivity contribution >= 4 is 48.1 Å². The van der Waals surface area contributed by atoms with E-state index in [0.717, 1.165) is 167 Å². The van der Waals surface area contributed by atoms with Gasteiger partial charge in [-0.05, 0) is 153 Å². The number of nitrogens with one attached hydrogen (secondary N) is 2. The highest BCUT2D eigenvalue weighted by Gasteiger charge is 2.17. The molecule has 540 valence electrons. The highest BCUT2D eigenvalue weighted by molar-refractivity contribution is 7.99. The molecule has 0 aromatic rings. The van der Waals surface area contributed by atoms with Gasteiger partial charge in [-0.15, -0.1) is 0 Å². The van der Waals surface area contributed by atoms with Crippen LogP contribution in [0.3, 0.4) is 0 Å². The summed E-state index contributed by atoms with van der Waals surface area (Å²) in [4.78, 5) is 57.2. The number of thioether (sulfide) groups is 1. The van der Waals surface area contributed by atoms with Gasteiger partial charge < -0.3 is 29.9 Å². The predicted molar refractivity (Wildman–Crippen MR) is 401 cm³/mol. The molecule has 0 aromatic heterocycles. The number of hydrogen-bond acceptors (Lipinski definition) is 10. The van der Waals surface area contributed by atoms with Crippen LogP contribution < -0.4 is 10.6 Å². The first-order chi connectivity index (χ1) is 44.7. The van der Waals surface area contributed by atoms with E-state index in [4.69, 9.17) is 9.47 Å². The lowest BCUT2D eigenvalue weighted by Crippen LogP contribution is -2.40. The molecule has 0 unspecified atom stereocenters. The van der Waals surface area contributed by atoms with Gasteiger partial charge in [-0.3, -0.25) is 19.2 Å². The summed E-state index contributed by atoms with van der Waals surface area (Å²) < 4.78 is 12.2. The van der Waals surface area contributed by atoms with Crippen LogP contribution >= 0.6 is 24.4 Å². The van der Waals surface area contributed by atoms with Crippen molar-refractivity contribution in [1.29, 1.82) is 0 Å². The van der Waals surface area contributed by atoms with Crippen LogP contribution in [-0.4, -0.2) is 115 Å². The van der Waals surface area contributed by atoms with Crippen molar-refractivity contribution < 1.29 is 28.7 Å². The van der Waals surface area contributed by atoms with E-state index in [-0.39, 0.29) is 42.4 Å². The zero-order valence-electron chi connectivity index (χ0n) is 61.4. The molecule has 2 N–H and O–H groups in total. The molecular formula is C79H156N4O6S2. The fourth-order valence-electron chi connectivity index (χ4n) is 12.7. The molecule has 0 aromatic carbocycles. The first-order valence-corrected chi connectivity index (χ1v) is 42.1. The van der Waals surface area contributed by atoms with E-state index in [2.05, 4.69) is 79.4 Å². The number of thiol groups is 1. The molecule has 2 amide bonds. The van der Waals surface area contributed by atoms with Crippen molar-refractivity contribution in [3.05, 3.63) is 0 Å². The predicted octanol–water partition coefficient (Wildman–Crippen LogP) is 22.6. The third kappa shape index (κ3) is 68.3. The fourth-order valence-corrected chi connectivity index (χ4v) is 13.9. The Morgan fingerprint density at radius 1 is 0.319 bits per heavy atom. The highest BCUT2D eigenvalue weighted by Crippen LogP contribution is 2.22. The van der Waals surface area contributed by atoms with E-state index in [1.54, 1.807) is 0 Å². The number of ether oxygens (including phenoxy) is 2. The molecule has 0 bridgehead atoms. The Hall–Kier alpha value is -1.50. The summed E-state index contributed by atoms with van der Waals surface area (Å²) in [5.74, 6) is 3.07. The van der Waals surface area contributed by atoms with Gasteiger partial charge in [-0.1, -0.05) is 272 Å². The largest absolute Gasteiger partial charge is 0.462 e. The molecule has 0 atom stereocenters. The van der Waals surface area contributed by atoms with Crippen LogP contribution in [0.4, 0.5) is 0 Å². The average Bonchev–Trinajstić information content (AvgIpc) is 3.73. The summed E-state index contributed by atoms with van der Waals surface area (Å²) in [6.45, 7) is 18.0. The van der Waals surface area contributed by atoms with Gasteiger partial charge in [-0.2, -0.15) is 24.4 Å². The Kier molecular flexibility index (Phi) is 73.1. The standard InChI is InChI=1S/C79H156N4O6S2/c1-6-11-16-21-26-27-28-40-54-71-91-72-55-41-39-51-66-82(64-49-37-29-35-47-60-78(86)88-74(56-43-31-22-17-12-7-2)57-44-32-23-18-13-8-3)68-62-80-76(84)73-77(85)81-63-69-83(67-52-42-53-70-90)65-50-38-30-36-48-61-79(87)89-75(58-45-33-24-19-14-9-4)59-46-34-25-20-15-10-5/h74-75,90H,6-73H2,1-5H3,(H,80,84)(H,81,85). The summed E-state index contributed by atoms with van der Waals surface area (Å²) in [6, 6.07) is 0. The van der Waals surface area contributed by atoms with E-state index in [9.17, 15) is 19.2 Å². The molecule has 0 saturated heterocycles. The van der Waals surface area contributed by atoms with Crippen LogP contribution in [0.15, 0.2) is 0 Å². The van der Waals surface area contributed by atoms with E-state index in [1.807, 2.05) is 0 Å². The fraction of sp³-hybridized carbons (Fsp3) is 0.949. The van der Waals surface area contributed by atoms with Crippen molar-refractivity contribution in [3.8, 4) is 0 Å². The molecule has 0 radical (unpaired) electrons. The summed E-state index contributed by atoms with van der Waals surface area (Å²) in [6.07, 6.45) is 67.1. The number of carbonyl (C=O) groups excluding carboxylic acids is 4. The van der Waals surface area contributed by atoms with Crippen molar-refractivity contribution in [3.63, 3.8) is 0 Å². The van der Waals surface area contributed by atoms with Gasteiger partial charge in [0.05, 0.1) is 0 Å². The zero-order valence-corrected chi connectivity index (χ0v) is 63.1. The summed E-state index contributed by atoms with van der Waals surface area (Å²) in [5, 5.41) is 6.14. The maximum absolute atomic E-state index is 13.1. The molecule has 10 nitrogen and oxygen atoms in total. The first-order valence-electron chi connectivity index (χ1n) is 40.3. The van der Waals surface area contributed by atoms with E-state index >= 15 is 0 Å². The van der Waals surface area contributed by atoms with Gasteiger partial charge in [0.15, 0.2) is 0 Å². The lowest BCUT2D eigenvalue weighted by Gasteiger charge is -2.23. The topological polar surface area (TPSA) is 117 Å².